The molecule has 0 aliphatic carbocycles. The molecule has 1 N–H and O–H groups in total. The number of tetrazole rings is 1. The third-order valence-electron chi connectivity index (χ3n) is 5.75. The van der Waals surface area contributed by atoms with Gasteiger partial charge in [-0.3, -0.25) is 9.69 Å². The number of aromatic nitrogens is 5. The molecule has 1 atom stereocenters. The van der Waals surface area contributed by atoms with Crippen molar-refractivity contribution in [1.29, 1.82) is 0 Å². The third-order valence-corrected chi connectivity index (χ3v) is 5.75. The van der Waals surface area contributed by atoms with Crippen LogP contribution in [0.4, 0.5) is 0 Å². The highest BCUT2D eigenvalue weighted by Gasteiger charge is 2.33. The van der Waals surface area contributed by atoms with Crippen molar-refractivity contribution in [2.45, 2.75) is 65.5 Å². The maximum Gasteiger partial charge on any atom is 0.253 e. The molecule has 1 aromatic carbocycles. The first-order chi connectivity index (χ1) is 13.8. The molecule has 1 aliphatic heterocycles. The van der Waals surface area contributed by atoms with Crippen molar-refractivity contribution in [1.82, 2.24) is 30.1 Å². The second-order valence-corrected chi connectivity index (χ2v) is 9.22. The second-order valence-electron chi connectivity index (χ2n) is 9.22. The highest BCUT2D eigenvalue weighted by Crippen LogP contribution is 2.31. The molecular weight excluding hydrogens is 364 g/mol. The Morgan fingerprint density at radius 2 is 1.79 bits per heavy atom. The number of likely N-dealkylation sites (tertiary alicyclic amines) is 1. The normalized spacial score (nSPS) is 17.0. The van der Waals surface area contributed by atoms with Crippen molar-refractivity contribution < 1.29 is 0 Å². The van der Waals surface area contributed by atoms with Crippen LogP contribution in [0.25, 0.3) is 10.9 Å². The van der Waals surface area contributed by atoms with Crippen molar-refractivity contribution >= 4 is 10.9 Å². The predicted molar refractivity (Wildman–Crippen MR) is 114 cm³/mol. The lowest BCUT2D eigenvalue weighted by atomic mass is 9.98. The molecule has 0 saturated carbocycles. The lowest BCUT2D eigenvalue weighted by Gasteiger charge is -2.35. The first kappa shape index (κ1) is 19.8. The van der Waals surface area contributed by atoms with E-state index in [9.17, 15) is 4.79 Å². The largest absolute Gasteiger partial charge is 0.321 e. The molecule has 2 aromatic heterocycles. The van der Waals surface area contributed by atoms with E-state index in [-0.39, 0.29) is 17.1 Å². The molecule has 4 rings (SSSR count). The van der Waals surface area contributed by atoms with Gasteiger partial charge in [0.1, 0.15) is 6.04 Å². The quantitative estimate of drug-likeness (QED) is 0.736. The highest BCUT2D eigenvalue weighted by molar-refractivity contribution is 5.83. The first-order valence-corrected chi connectivity index (χ1v) is 10.4. The Morgan fingerprint density at radius 3 is 2.48 bits per heavy atom. The lowest BCUT2D eigenvalue weighted by Crippen LogP contribution is -2.40. The van der Waals surface area contributed by atoms with Gasteiger partial charge in [0.2, 0.25) is 0 Å². The number of pyridine rings is 1. The van der Waals surface area contributed by atoms with Gasteiger partial charge in [-0.1, -0.05) is 18.1 Å². The van der Waals surface area contributed by atoms with E-state index in [4.69, 9.17) is 0 Å². The van der Waals surface area contributed by atoms with Gasteiger partial charge in [-0.15, -0.1) is 5.10 Å². The minimum absolute atomic E-state index is 0.0662. The molecule has 0 spiro atoms. The van der Waals surface area contributed by atoms with Crippen LogP contribution in [0.15, 0.2) is 23.0 Å². The first-order valence-electron chi connectivity index (χ1n) is 10.4. The molecule has 29 heavy (non-hydrogen) atoms. The molecular formula is C22H30N6O. The summed E-state index contributed by atoms with van der Waals surface area (Å²) in [6.45, 7) is 12.2. The summed E-state index contributed by atoms with van der Waals surface area (Å²) in [5, 5.41) is 13.7. The van der Waals surface area contributed by atoms with E-state index in [1.165, 1.54) is 12.0 Å². The van der Waals surface area contributed by atoms with Crippen LogP contribution in [0.2, 0.25) is 0 Å². The Labute approximate surface area is 171 Å². The molecule has 1 saturated heterocycles. The van der Waals surface area contributed by atoms with Gasteiger partial charge in [0.05, 0.1) is 11.1 Å². The minimum atomic E-state index is -0.274. The van der Waals surface area contributed by atoms with Crippen LogP contribution >= 0.6 is 0 Å². The Balaban J connectivity index is 1.94. The van der Waals surface area contributed by atoms with Crippen molar-refractivity contribution in [3.05, 3.63) is 51.1 Å². The molecule has 0 amide bonds. The standard InChI is InChI=1S/C22H30N6O/c1-14-11-15(2)18-16(12-14)13-17(21(29)23-18)19(27-9-7-6-8-10-27)20-24-25-26-28(20)22(3,4)5/h11-13,19H,6-10H2,1-5H3,(H,23,29)/t19-/m1/s1. The van der Waals surface area contributed by atoms with E-state index in [1.54, 1.807) is 0 Å². The average Bonchev–Trinajstić information content (AvgIpc) is 3.14. The monoisotopic (exact) mass is 394 g/mol. The lowest BCUT2D eigenvalue weighted by molar-refractivity contribution is 0.170. The number of aromatic amines is 1. The molecule has 7 heteroatoms. The summed E-state index contributed by atoms with van der Waals surface area (Å²) < 4.78 is 1.86. The fourth-order valence-electron chi connectivity index (χ4n) is 4.42. The Hall–Kier alpha value is -2.54. The van der Waals surface area contributed by atoms with Gasteiger partial charge in [0.15, 0.2) is 5.82 Å². The summed E-state index contributed by atoms with van der Waals surface area (Å²) >= 11 is 0. The Bertz CT molecular complexity index is 1080. The maximum absolute atomic E-state index is 13.3. The van der Waals surface area contributed by atoms with Gasteiger partial charge in [-0.2, -0.15) is 0 Å². The molecule has 3 heterocycles. The highest BCUT2D eigenvalue weighted by atomic mass is 16.1. The number of aryl methyl sites for hydroxylation is 2. The zero-order chi connectivity index (χ0) is 20.8. The Morgan fingerprint density at radius 1 is 1.07 bits per heavy atom. The van der Waals surface area contributed by atoms with Crippen molar-refractivity contribution in [3.63, 3.8) is 0 Å². The molecule has 1 fully saturated rings. The zero-order valence-electron chi connectivity index (χ0n) is 18.0. The van der Waals surface area contributed by atoms with E-state index in [2.05, 4.69) is 65.2 Å². The second kappa shape index (κ2) is 7.37. The van der Waals surface area contributed by atoms with Gasteiger partial charge < -0.3 is 4.98 Å². The van der Waals surface area contributed by atoms with Gasteiger partial charge >= 0.3 is 0 Å². The summed E-state index contributed by atoms with van der Waals surface area (Å²) in [6.07, 6.45) is 3.47. The van der Waals surface area contributed by atoms with Crippen molar-refractivity contribution in [2.24, 2.45) is 0 Å². The van der Waals surface area contributed by atoms with E-state index in [0.29, 0.717) is 5.56 Å². The van der Waals surface area contributed by atoms with Crippen LogP contribution in [0, 0.1) is 13.8 Å². The number of nitrogens with zero attached hydrogens (tertiary/aromatic N) is 5. The van der Waals surface area contributed by atoms with Gasteiger partial charge in [0, 0.05) is 5.56 Å². The summed E-state index contributed by atoms with van der Waals surface area (Å²) in [4.78, 5) is 18.7. The number of hydrogen-bond acceptors (Lipinski definition) is 5. The topological polar surface area (TPSA) is 79.7 Å². The van der Waals surface area contributed by atoms with Crippen LogP contribution in [0.3, 0.4) is 0 Å². The number of nitrogens with one attached hydrogen (secondary N) is 1. The maximum atomic E-state index is 13.3. The summed E-state index contributed by atoms with van der Waals surface area (Å²) in [6, 6.07) is 6.00. The van der Waals surface area contributed by atoms with Crippen LogP contribution < -0.4 is 5.56 Å². The van der Waals surface area contributed by atoms with E-state index in [0.717, 1.165) is 48.2 Å². The van der Waals surface area contributed by atoms with Gasteiger partial charge in [-0.05, 0) is 94.1 Å². The van der Waals surface area contributed by atoms with E-state index < -0.39 is 0 Å². The predicted octanol–water partition coefficient (Wildman–Crippen LogP) is 3.46. The summed E-state index contributed by atoms with van der Waals surface area (Å²) in [5.41, 5.74) is 3.54. The van der Waals surface area contributed by atoms with E-state index in [1.807, 2.05) is 17.7 Å². The number of H-pyrrole nitrogens is 1. The number of piperidine rings is 1. The third kappa shape index (κ3) is 3.71. The van der Waals surface area contributed by atoms with Crippen LogP contribution in [0.1, 0.15) is 68.6 Å². The number of fused-ring (bicyclic) bond motifs is 1. The average molecular weight is 395 g/mol. The fraction of sp³-hybridized carbons (Fsp3) is 0.545. The molecule has 154 valence electrons. The Kier molecular flexibility index (Phi) is 5.02. The number of benzene rings is 1. The van der Waals surface area contributed by atoms with Crippen LogP contribution in [-0.2, 0) is 5.54 Å². The molecule has 0 unspecified atom stereocenters. The van der Waals surface area contributed by atoms with Gasteiger partial charge in [0.25, 0.3) is 5.56 Å². The summed E-state index contributed by atoms with van der Waals surface area (Å²) in [7, 11) is 0. The van der Waals surface area contributed by atoms with Crippen LogP contribution in [0.5, 0.6) is 0 Å². The van der Waals surface area contributed by atoms with Crippen molar-refractivity contribution in [3.8, 4) is 0 Å². The molecule has 1 aliphatic rings. The molecule has 0 radical (unpaired) electrons. The van der Waals surface area contributed by atoms with Gasteiger partial charge in [-0.25, -0.2) is 4.68 Å². The molecule has 7 nitrogen and oxygen atoms in total. The minimum Gasteiger partial charge on any atom is -0.321 e. The number of rotatable bonds is 3. The van der Waals surface area contributed by atoms with Crippen molar-refractivity contribution in [2.75, 3.05) is 13.1 Å². The fourth-order valence-corrected chi connectivity index (χ4v) is 4.42. The molecule has 3 aromatic rings. The van der Waals surface area contributed by atoms with E-state index >= 15 is 0 Å². The van der Waals surface area contributed by atoms with Crippen LogP contribution in [-0.4, -0.2) is 43.2 Å². The molecule has 0 bridgehead atoms. The number of hydrogen-bond donors (Lipinski definition) is 1. The SMILES string of the molecule is Cc1cc(C)c2[nH]c(=O)c([C@H](c3nnnn3C(C)(C)C)N3CCCCC3)cc2c1. The summed E-state index contributed by atoms with van der Waals surface area (Å²) in [5.74, 6) is 0.730. The smallest absolute Gasteiger partial charge is 0.253 e. The zero-order valence-corrected chi connectivity index (χ0v) is 18.0.